The van der Waals surface area contributed by atoms with Crippen molar-refractivity contribution in [3.63, 3.8) is 0 Å². The number of rotatable bonds is 3. The smallest absolute Gasteiger partial charge is 0.236 e. The first kappa shape index (κ1) is 11.5. The first-order valence-corrected chi connectivity index (χ1v) is 6.06. The molecule has 4 heteroatoms. The molecule has 0 radical (unpaired) electrons. The van der Waals surface area contributed by atoms with Crippen LogP contribution in [0.1, 0.15) is 0 Å². The topological polar surface area (TPSA) is 20.3 Å². The Bertz CT molecular complexity index is 310. The van der Waals surface area contributed by atoms with E-state index in [0.717, 1.165) is 5.69 Å². The fourth-order valence-electron chi connectivity index (χ4n) is 1.06. The highest BCUT2D eigenvalue weighted by Gasteiger charge is 2.07. The Morgan fingerprint density at radius 2 is 2.00 bits per heavy atom. The lowest BCUT2D eigenvalue weighted by molar-refractivity contribution is -0.115. The summed E-state index contributed by atoms with van der Waals surface area (Å²) in [5.41, 5.74) is 0.904. The number of carbonyl (C=O) groups is 1. The van der Waals surface area contributed by atoms with E-state index in [0.29, 0.717) is 0 Å². The van der Waals surface area contributed by atoms with Crippen LogP contribution in [0, 0.1) is 0 Å². The van der Waals surface area contributed by atoms with Gasteiger partial charge in [-0.3, -0.25) is 4.79 Å². The summed E-state index contributed by atoms with van der Waals surface area (Å²) in [5.74, 6) is 0.242. The van der Waals surface area contributed by atoms with Crippen molar-refractivity contribution in [2.75, 3.05) is 24.0 Å². The van der Waals surface area contributed by atoms with Gasteiger partial charge in [0.1, 0.15) is 0 Å². The van der Waals surface area contributed by atoms with Crippen molar-refractivity contribution in [3.05, 3.63) is 24.3 Å². The molecule has 1 rings (SSSR count). The second-order valence-electron chi connectivity index (χ2n) is 2.81. The summed E-state index contributed by atoms with van der Waals surface area (Å²) in [6.07, 6.45) is 2.03. The monoisotopic (exact) mass is 227 g/mol. The summed E-state index contributed by atoms with van der Waals surface area (Å²) in [6, 6.07) is 7.88. The maximum atomic E-state index is 11.3. The largest absolute Gasteiger partial charge is 0.315 e. The molecule has 1 aromatic carbocycles. The number of benzene rings is 1. The number of thioether (sulfide) groups is 1. The van der Waals surface area contributed by atoms with Crippen LogP contribution in [-0.4, -0.2) is 25.0 Å². The lowest BCUT2D eigenvalue weighted by Crippen LogP contribution is -2.27. The Balaban J connectivity index is 2.81. The maximum absolute atomic E-state index is 11.3. The van der Waals surface area contributed by atoms with Gasteiger partial charge in [-0.1, -0.05) is 0 Å². The number of amides is 1. The lowest BCUT2D eigenvalue weighted by Gasteiger charge is -2.16. The highest BCUT2D eigenvalue weighted by atomic mass is 32.2. The highest BCUT2D eigenvalue weighted by Crippen LogP contribution is 2.19. The molecule has 0 heterocycles. The van der Waals surface area contributed by atoms with Crippen LogP contribution in [0.3, 0.4) is 0 Å². The maximum Gasteiger partial charge on any atom is 0.236 e. The van der Waals surface area contributed by atoms with Crippen LogP contribution < -0.4 is 4.90 Å². The average molecular weight is 227 g/mol. The molecular formula is C10H13NOS2. The Morgan fingerprint density at radius 3 is 2.43 bits per heavy atom. The van der Waals surface area contributed by atoms with Gasteiger partial charge in [-0.15, -0.1) is 11.8 Å². The first-order valence-electron chi connectivity index (χ1n) is 4.20. The molecule has 0 fully saturated rings. The van der Waals surface area contributed by atoms with Crippen molar-refractivity contribution in [3.8, 4) is 0 Å². The Hall–Kier alpha value is -0.610. The molecule has 76 valence electrons. The van der Waals surface area contributed by atoms with Gasteiger partial charge in [0, 0.05) is 17.6 Å². The predicted octanol–water partition coefficient (Wildman–Crippen LogP) is 2.30. The molecule has 0 N–H and O–H groups in total. The van der Waals surface area contributed by atoms with E-state index in [-0.39, 0.29) is 11.7 Å². The molecule has 0 aliphatic carbocycles. The summed E-state index contributed by atoms with van der Waals surface area (Å²) < 4.78 is 0. The van der Waals surface area contributed by atoms with Gasteiger partial charge in [0.2, 0.25) is 5.91 Å². The van der Waals surface area contributed by atoms with Gasteiger partial charge in [0.15, 0.2) is 0 Å². The van der Waals surface area contributed by atoms with E-state index in [9.17, 15) is 4.79 Å². The second kappa shape index (κ2) is 5.32. The summed E-state index contributed by atoms with van der Waals surface area (Å²) >= 11 is 5.63. The van der Waals surface area contributed by atoms with Gasteiger partial charge in [-0.05, 0) is 30.5 Å². The number of hydrogen-bond acceptors (Lipinski definition) is 3. The summed E-state index contributed by atoms with van der Waals surface area (Å²) in [4.78, 5) is 14.1. The van der Waals surface area contributed by atoms with E-state index < -0.39 is 0 Å². The Labute approximate surface area is 94.1 Å². The molecule has 0 bridgehead atoms. The van der Waals surface area contributed by atoms with E-state index in [1.165, 1.54) is 4.90 Å². The van der Waals surface area contributed by atoms with Crippen molar-refractivity contribution < 1.29 is 4.79 Å². The number of thiol groups is 1. The van der Waals surface area contributed by atoms with E-state index in [1.807, 2.05) is 30.5 Å². The number of anilines is 1. The minimum atomic E-state index is 0.00485. The van der Waals surface area contributed by atoms with Crippen molar-refractivity contribution in [1.82, 2.24) is 0 Å². The third-order valence-electron chi connectivity index (χ3n) is 1.97. The van der Waals surface area contributed by atoms with Gasteiger partial charge in [-0.25, -0.2) is 0 Å². The lowest BCUT2D eigenvalue weighted by atomic mass is 10.3. The van der Waals surface area contributed by atoms with Crippen molar-refractivity contribution >= 4 is 36.0 Å². The molecule has 0 aliphatic heterocycles. The van der Waals surface area contributed by atoms with Crippen LogP contribution in [0.15, 0.2) is 29.2 Å². The molecule has 0 saturated heterocycles. The molecular weight excluding hydrogens is 214 g/mol. The number of carbonyl (C=O) groups excluding carboxylic acids is 1. The van der Waals surface area contributed by atoms with Crippen molar-refractivity contribution in [2.45, 2.75) is 4.90 Å². The fraction of sp³-hybridized carbons (Fsp3) is 0.300. The normalized spacial score (nSPS) is 9.93. The SMILES string of the molecule is CSc1ccc(N(C)C(=O)CS)cc1. The molecule has 0 atom stereocenters. The van der Waals surface area contributed by atoms with E-state index in [1.54, 1.807) is 23.7 Å². The fourth-order valence-corrected chi connectivity index (χ4v) is 1.68. The number of nitrogens with zero attached hydrogens (tertiary/aromatic N) is 1. The molecule has 0 spiro atoms. The average Bonchev–Trinajstić information content (AvgIpc) is 2.27. The zero-order valence-electron chi connectivity index (χ0n) is 8.23. The summed E-state index contributed by atoms with van der Waals surface area (Å²) in [6.45, 7) is 0. The molecule has 1 aromatic rings. The Morgan fingerprint density at radius 1 is 1.43 bits per heavy atom. The summed E-state index contributed by atoms with van der Waals surface area (Å²) in [7, 11) is 1.76. The van der Waals surface area contributed by atoms with Crippen molar-refractivity contribution in [2.24, 2.45) is 0 Å². The Kier molecular flexibility index (Phi) is 4.35. The van der Waals surface area contributed by atoms with Crippen LogP contribution in [-0.2, 0) is 4.79 Å². The highest BCUT2D eigenvalue weighted by molar-refractivity contribution is 7.98. The molecule has 0 aromatic heterocycles. The third kappa shape index (κ3) is 2.69. The summed E-state index contributed by atoms with van der Waals surface area (Å²) in [5, 5.41) is 0. The second-order valence-corrected chi connectivity index (χ2v) is 4.00. The van der Waals surface area contributed by atoms with Gasteiger partial charge in [-0.2, -0.15) is 12.6 Å². The minimum absolute atomic E-state index is 0.00485. The van der Waals surface area contributed by atoms with Crippen LogP contribution in [0.25, 0.3) is 0 Å². The van der Waals surface area contributed by atoms with Gasteiger partial charge >= 0.3 is 0 Å². The van der Waals surface area contributed by atoms with Crippen LogP contribution in [0.2, 0.25) is 0 Å². The third-order valence-corrected chi connectivity index (χ3v) is 2.98. The van der Waals surface area contributed by atoms with Crippen LogP contribution >= 0.6 is 24.4 Å². The first-order chi connectivity index (χ1) is 6.69. The van der Waals surface area contributed by atoms with Gasteiger partial charge in [0.05, 0.1) is 5.75 Å². The zero-order chi connectivity index (χ0) is 10.6. The quantitative estimate of drug-likeness (QED) is 0.631. The van der Waals surface area contributed by atoms with Gasteiger partial charge < -0.3 is 4.90 Å². The molecule has 1 amide bonds. The van der Waals surface area contributed by atoms with E-state index in [2.05, 4.69) is 12.6 Å². The molecule has 14 heavy (non-hydrogen) atoms. The molecule has 0 unspecified atom stereocenters. The molecule has 0 aliphatic rings. The number of hydrogen-bond donors (Lipinski definition) is 1. The molecule has 0 saturated carbocycles. The van der Waals surface area contributed by atoms with Crippen LogP contribution in [0.5, 0.6) is 0 Å². The van der Waals surface area contributed by atoms with Crippen molar-refractivity contribution in [1.29, 1.82) is 0 Å². The molecule has 2 nitrogen and oxygen atoms in total. The van der Waals surface area contributed by atoms with E-state index >= 15 is 0 Å². The van der Waals surface area contributed by atoms with Crippen LogP contribution in [0.4, 0.5) is 5.69 Å². The standard InChI is InChI=1S/C10H13NOS2/c1-11(10(12)7-13)8-3-5-9(14-2)6-4-8/h3-6,13H,7H2,1-2H3. The predicted molar refractivity (Wildman–Crippen MR) is 65.5 cm³/mol. The van der Waals surface area contributed by atoms with Gasteiger partial charge in [0.25, 0.3) is 0 Å². The van der Waals surface area contributed by atoms with E-state index in [4.69, 9.17) is 0 Å². The minimum Gasteiger partial charge on any atom is -0.315 e. The zero-order valence-corrected chi connectivity index (χ0v) is 9.94.